The van der Waals surface area contributed by atoms with Crippen LogP contribution in [0.25, 0.3) is 0 Å². The molecule has 1 saturated heterocycles. The molecule has 2 aromatic heterocycles. The fourth-order valence-electron chi connectivity index (χ4n) is 2.72. The fraction of sp³-hybridized carbons (Fsp3) is 0.412. The third kappa shape index (κ3) is 4.18. The van der Waals surface area contributed by atoms with Crippen molar-refractivity contribution >= 4 is 11.6 Å². The van der Waals surface area contributed by atoms with E-state index >= 15 is 0 Å². The molecule has 0 aromatic carbocycles. The first-order valence-electron chi connectivity index (χ1n) is 7.66. The molecule has 2 aromatic rings. The Kier molecular flexibility index (Phi) is 5.24. The molecule has 0 bridgehead atoms. The summed E-state index contributed by atoms with van der Waals surface area (Å²) in [6.07, 6.45) is 7.47. The van der Waals surface area contributed by atoms with Gasteiger partial charge in [0.1, 0.15) is 10.8 Å². The van der Waals surface area contributed by atoms with E-state index in [0.29, 0.717) is 10.9 Å². The molecule has 0 N–H and O–H groups in total. The fourth-order valence-corrected chi connectivity index (χ4v) is 2.89. The van der Waals surface area contributed by atoms with Crippen LogP contribution in [0, 0.1) is 5.92 Å². The second-order valence-corrected chi connectivity index (χ2v) is 6.06. The second kappa shape index (κ2) is 7.56. The van der Waals surface area contributed by atoms with Crippen molar-refractivity contribution < 1.29 is 4.74 Å². The molecule has 0 atom stereocenters. The molecule has 22 heavy (non-hydrogen) atoms. The zero-order chi connectivity index (χ0) is 15.2. The Balaban J connectivity index is 1.43. The summed E-state index contributed by atoms with van der Waals surface area (Å²) in [6, 6.07) is 7.90. The molecule has 0 aliphatic carbocycles. The van der Waals surface area contributed by atoms with Crippen LogP contribution < -0.4 is 4.74 Å². The lowest BCUT2D eigenvalue weighted by atomic mass is 9.97. The molecule has 4 nitrogen and oxygen atoms in total. The minimum Gasteiger partial charge on any atom is -0.492 e. The van der Waals surface area contributed by atoms with E-state index in [0.717, 1.165) is 50.5 Å². The van der Waals surface area contributed by atoms with Gasteiger partial charge in [0.25, 0.3) is 0 Å². The minimum atomic E-state index is 0.579. The largest absolute Gasteiger partial charge is 0.492 e. The number of rotatable bonds is 5. The molecule has 0 radical (unpaired) electrons. The van der Waals surface area contributed by atoms with Gasteiger partial charge < -0.3 is 4.74 Å². The van der Waals surface area contributed by atoms with Gasteiger partial charge in [-0.3, -0.25) is 14.9 Å². The summed E-state index contributed by atoms with van der Waals surface area (Å²) in [4.78, 5) is 10.8. The van der Waals surface area contributed by atoms with Crippen molar-refractivity contribution in [3.05, 3.63) is 53.6 Å². The van der Waals surface area contributed by atoms with Crippen molar-refractivity contribution in [2.24, 2.45) is 5.92 Å². The molecule has 1 aliphatic rings. The maximum atomic E-state index is 6.05. The summed E-state index contributed by atoms with van der Waals surface area (Å²) in [5.41, 5.74) is 1.14. The van der Waals surface area contributed by atoms with Crippen molar-refractivity contribution in [1.82, 2.24) is 14.9 Å². The lowest BCUT2D eigenvalue weighted by Crippen LogP contribution is -2.35. The summed E-state index contributed by atoms with van der Waals surface area (Å²) >= 11 is 6.05. The van der Waals surface area contributed by atoms with Gasteiger partial charge in [-0.05, 0) is 44.0 Å². The van der Waals surface area contributed by atoms with Crippen molar-refractivity contribution in [2.75, 3.05) is 19.7 Å². The third-order valence-electron chi connectivity index (χ3n) is 4.03. The van der Waals surface area contributed by atoms with Crippen LogP contribution in [0.3, 0.4) is 0 Å². The lowest BCUT2D eigenvalue weighted by Gasteiger charge is -2.31. The van der Waals surface area contributed by atoms with Crippen LogP contribution in [0.15, 0.2) is 42.9 Å². The van der Waals surface area contributed by atoms with Gasteiger partial charge in [0.15, 0.2) is 0 Å². The predicted octanol–water partition coefficient (Wildman–Crippen LogP) is 3.42. The van der Waals surface area contributed by atoms with E-state index in [-0.39, 0.29) is 0 Å². The summed E-state index contributed by atoms with van der Waals surface area (Å²) in [7, 11) is 0. The molecule has 116 valence electrons. The quantitative estimate of drug-likeness (QED) is 0.847. The van der Waals surface area contributed by atoms with Crippen LogP contribution in [0.2, 0.25) is 5.02 Å². The lowest BCUT2D eigenvalue weighted by molar-refractivity contribution is 0.136. The molecule has 0 amide bonds. The van der Waals surface area contributed by atoms with Crippen LogP contribution in [0.4, 0.5) is 0 Å². The Bertz CT molecular complexity index is 585. The molecule has 0 spiro atoms. The normalized spacial score (nSPS) is 16.6. The number of ether oxygens (including phenoxy) is 1. The van der Waals surface area contributed by atoms with Gasteiger partial charge in [0.05, 0.1) is 12.3 Å². The number of halogens is 1. The predicted molar refractivity (Wildman–Crippen MR) is 87.0 cm³/mol. The second-order valence-electron chi connectivity index (χ2n) is 5.66. The molecular formula is C17H20ClN3O. The Hall–Kier alpha value is -1.65. The highest BCUT2D eigenvalue weighted by Gasteiger charge is 2.20. The van der Waals surface area contributed by atoms with Gasteiger partial charge in [-0.2, -0.15) is 0 Å². The summed E-state index contributed by atoms with van der Waals surface area (Å²) in [6.45, 7) is 3.84. The zero-order valence-electron chi connectivity index (χ0n) is 12.5. The van der Waals surface area contributed by atoms with Crippen LogP contribution in [0.5, 0.6) is 5.75 Å². The number of hydrogen-bond acceptors (Lipinski definition) is 4. The molecule has 3 rings (SSSR count). The van der Waals surface area contributed by atoms with E-state index in [1.165, 1.54) is 0 Å². The van der Waals surface area contributed by atoms with E-state index in [9.17, 15) is 0 Å². The van der Waals surface area contributed by atoms with E-state index in [2.05, 4.69) is 20.9 Å². The Morgan fingerprint density at radius 1 is 1.18 bits per heavy atom. The summed E-state index contributed by atoms with van der Waals surface area (Å²) in [5, 5.41) is 0.579. The average molecular weight is 318 g/mol. The third-order valence-corrected chi connectivity index (χ3v) is 4.31. The first-order valence-corrected chi connectivity index (χ1v) is 8.03. The summed E-state index contributed by atoms with van der Waals surface area (Å²) in [5.74, 6) is 1.32. The van der Waals surface area contributed by atoms with Crippen LogP contribution in [-0.4, -0.2) is 34.6 Å². The molecular weight excluding hydrogens is 298 g/mol. The van der Waals surface area contributed by atoms with Crippen LogP contribution >= 0.6 is 11.6 Å². The molecule has 1 fully saturated rings. The highest BCUT2D eigenvalue weighted by molar-refractivity contribution is 6.31. The average Bonchev–Trinajstić information content (AvgIpc) is 2.56. The van der Waals surface area contributed by atoms with Gasteiger partial charge in [0, 0.05) is 31.2 Å². The van der Waals surface area contributed by atoms with Crippen molar-refractivity contribution in [1.29, 1.82) is 0 Å². The number of nitrogens with zero attached hydrogens (tertiary/aromatic N) is 3. The van der Waals surface area contributed by atoms with Gasteiger partial charge in [-0.25, -0.2) is 0 Å². The van der Waals surface area contributed by atoms with Gasteiger partial charge in [0.2, 0.25) is 0 Å². The summed E-state index contributed by atoms with van der Waals surface area (Å²) < 4.78 is 5.83. The van der Waals surface area contributed by atoms with Gasteiger partial charge >= 0.3 is 0 Å². The molecule has 0 unspecified atom stereocenters. The van der Waals surface area contributed by atoms with Crippen LogP contribution in [0.1, 0.15) is 18.5 Å². The smallest absolute Gasteiger partial charge is 0.141 e. The highest BCUT2D eigenvalue weighted by Crippen LogP contribution is 2.25. The first-order chi connectivity index (χ1) is 10.8. The first kappa shape index (κ1) is 15.3. The number of likely N-dealkylation sites (tertiary alicyclic amines) is 1. The zero-order valence-corrected chi connectivity index (χ0v) is 13.2. The highest BCUT2D eigenvalue weighted by atomic mass is 35.5. The maximum absolute atomic E-state index is 6.05. The van der Waals surface area contributed by atoms with Gasteiger partial charge in [-0.1, -0.05) is 17.7 Å². The molecule has 5 heteroatoms. The van der Waals surface area contributed by atoms with Gasteiger partial charge in [-0.15, -0.1) is 0 Å². The number of piperidine rings is 1. The monoisotopic (exact) mass is 317 g/mol. The Morgan fingerprint density at radius 2 is 2.05 bits per heavy atom. The minimum absolute atomic E-state index is 0.579. The van der Waals surface area contributed by atoms with Crippen LogP contribution in [-0.2, 0) is 6.54 Å². The molecule has 3 heterocycles. The molecule has 0 saturated carbocycles. The van der Waals surface area contributed by atoms with E-state index in [4.69, 9.17) is 16.3 Å². The Labute approximate surface area is 136 Å². The number of pyridine rings is 2. The maximum Gasteiger partial charge on any atom is 0.141 e. The van der Waals surface area contributed by atoms with Crippen molar-refractivity contribution in [2.45, 2.75) is 19.4 Å². The molecule has 1 aliphatic heterocycles. The van der Waals surface area contributed by atoms with Crippen molar-refractivity contribution in [3.63, 3.8) is 0 Å². The number of hydrogen-bond donors (Lipinski definition) is 0. The topological polar surface area (TPSA) is 38.2 Å². The van der Waals surface area contributed by atoms with E-state index < -0.39 is 0 Å². The van der Waals surface area contributed by atoms with Crippen molar-refractivity contribution in [3.8, 4) is 5.75 Å². The van der Waals surface area contributed by atoms with E-state index in [1.807, 2.05) is 24.4 Å². The standard InChI is InChI=1S/C17H20ClN3O/c18-16-11-19-8-4-17(16)22-13-14-5-9-21(10-6-14)12-15-3-1-2-7-20-15/h1-4,7-8,11,14H,5-6,9-10,12-13H2. The SMILES string of the molecule is Clc1cnccc1OCC1CCN(Cc2ccccn2)CC1. The van der Waals surface area contributed by atoms with E-state index in [1.54, 1.807) is 12.4 Å². The Morgan fingerprint density at radius 3 is 2.77 bits per heavy atom. The number of aromatic nitrogens is 2.